The summed E-state index contributed by atoms with van der Waals surface area (Å²) in [6, 6.07) is 8.24. The lowest BCUT2D eigenvalue weighted by Gasteiger charge is -2.24. The van der Waals surface area contributed by atoms with Gasteiger partial charge in [0.2, 0.25) is 5.91 Å². The number of nitrogens with zero attached hydrogens (tertiary/aromatic N) is 2. The minimum atomic E-state index is -0.0102. The molecule has 1 amide bonds. The topological polar surface area (TPSA) is 67.1 Å². The Morgan fingerprint density at radius 2 is 2.04 bits per heavy atom. The van der Waals surface area contributed by atoms with Crippen molar-refractivity contribution in [2.45, 2.75) is 57.5 Å². The summed E-state index contributed by atoms with van der Waals surface area (Å²) in [6.07, 6.45) is 6.53. The number of hydrogen-bond acceptors (Lipinski definition) is 3. The van der Waals surface area contributed by atoms with Gasteiger partial charge in [-0.3, -0.25) is 4.79 Å². The molecule has 4 rings (SSSR count). The molecule has 1 aromatic carbocycles. The first-order valence-electron chi connectivity index (χ1n) is 8.88. The number of imidazole rings is 1. The van der Waals surface area contributed by atoms with Gasteiger partial charge >= 0.3 is 0 Å². The Morgan fingerprint density at radius 3 is 2.88 bits per heavy atom. The number of aryl methyl sites for hydroxylation is 1. The van der Waals surface area contributed by atoms with Crippen LogP contribution in [0.2, 0.25) is 0 Å². The molecule has 5 heteroatoms. The summed E-state index contributed by atoms with van der Waals surface area (Å²) in [5.74, 6) is 1.03. The zero-order chi connectivity index (χ0) is 16.5. The van der Waals surface area contributed by atoms with Crippen LogP contribution in [0.3, 0.4) is 0 Å². The van der Waals surface area contributed by atoms with E-state index in [1.54, 1.807) is 0 Å². The van der Waals surface area contributed by atoms with Crippen molar-refractivity contribution in [1.82, 2.24) is 14.9 Å². The lowest BCUT2D eigenvalue weighted by atomic mass is 9.95. The summed E-state index contributed by atoms with van der Waals surface area (Å²) in [5.41, 5.74) is 2.64. The van der Waals surface area contributed by atoms with Crippen molar-refractivity contribution >= 4 is 22.5 Å². The summed E-state index contributed by atoms with van der Waals surface area (Å²) >= 11 is 0. The number of hydrogen-bond donors (Lipinski definition) is 2. The molecule has 0 bridgehead atoms. The van der Waals surface area contributed by atoms with E-state index >= 15 is 0 Å². The molecule has 0 spiro atoms. The molecule has 1 aliphatic carbocycles. The molecule has 126 valence electrons. The molecule has 0 atom stereocenters. The van der Waals surface area contributed by atoms with E-state index in [2.05, 4.69) is 14.9 Å². The Hall–Kier alpha value is -2.30. The Balaban J connectivity index is 1.57. The van der Waals surface area contributed by atoms with Crippen LogP contribution in [0.1, 0.15) is 50.8 Å². The van der Waals surface area contributed by atoms with E-state index in [9.17, 15) is 9.90 Å². The summed E-state index contributed by atoms with van der Waals surface area (Å²) in [4.78, 5) is 17.1. The molecule has 24 heavy (non-hydrogen) atoms. The first-order chi connectivity index (χ1) is 11.7. The van der Waals surface area contributed by atoms with Crippen molar-refractivity contribution in [3.63, 3.8) is 0 Å². The largest absolute Gasteiger partial charge is 0.512 e. The van der Waals surface area contributed by atoms with Crippen LogP contribution in [-0.4, -0.2) is 26.6 Å². The maximum Gasteiger partial charge on any atom is 0.224 e. The van der Waals surface area contributed by atoms with E-state index in [-0.39, 0.29) is 18.4 Å². The molecule has 5 nitrogen and oxygen atoms in total. The maximum absolute atomic E-state index is 12.5. The number of aliphatic hydroxyl groups excluding tert-OH is 1. The number of nitrogens with one attached hydrogen (secondary N) is 1. The number of para-hydroxylation sites is 2. The highest BCUT2D eigenvalue weighted by atomic mass is 16.3. The van der Waals surface area contributed by atoms with Crippen molar-refractivity contribution < 1.29 is 9.90 Å². The van der Waals surface area contributed by atoms with Crippen LogP contribution in [0, 0.1) is 0 Å². The minimum Gasteiger partial charge on any atom is -0.512 e. The molecule has 2 aliphatic rings. The molecule has 0 saturated heterocycles. The number of amides is 1. The summed E-state index contributed by atoms with van der Waals surface area (Å²) in [5, 5.41) is 13.5. The predicted octanol–water partition coefficient (Wildman–Crippen LogP) is 3.55. The number of benzene rings is 1. The van der Waals surface area contributed by atoms with Gasteiger partial charge in [0.1, 0.15) is 11.6 Å². The second kappa shape index (κ2) is 6.30. The molecule has 0 radical (unpaired) electrons. The van der Waals surface area contributed by atoms with Gasteiger partial charge in [-0.1, -0.05) is 31.4 Å². The molecule has 2 aromatic rings. The van der Waals surface area contributed by atoms with Gasteiger partial charge in [0, 0.05) is 24.6 Å². The maximum atomic E-state index is 12.5. The third kappa shape index (κ3) is 2.79. The van der Waals surface area contributed by atoms with Crippen LogP contribution in [0.25, 0.3) is 16.6 Å². The number of allylic oxidation sites excluding steroid dienone is 1. The van der Waals surface area contributed by atoms with Crippen LogP contribution in [-0.2, 0) is 11.3 Å². The van der Waals surface area contributed by atoms with Crippen LogP contribution < -0.4 is 5.32 Å². The number of rotatable bonds is 3. The molecule has 0 unspecified atom stereocenters. The fourth-order valence-electron chi connectivity index (χ4n) is 3.90. The highest BCUT2D eigenvalue weighted by molar-refractivity contribution is 5.90. The summed E-state index contributed by atoms with van der Waals surface area (Å²) in [7, 11) is 0. The SMILES string of the molecule is O=C(CC1=C(O)CCn2c1nc1ccccc12)NC1CCCCC1. The number of aromatic nitrogens is 2. The Morgan fingerprint density at radius 1 is 1.25 bits per heavy atom. The quantitative estimate of drug-likeness (QED) is 0.907. The van der Waals surface area contributed by atoms with Gasteiger partial charge in [0.05, 0.1) is 17.5 Å². The first kappa shape index (κ1) is 15.2. The minimum absolute atomic E-state index is 0.0102. The van der Waals surface area contributed by atoms with Crippen LogP contribution in [0.15, 0.2) is 30.0 Å². The molecule has 1 aliphatic heterocycles. The van der Waals surface area contributed by atoms with Gasteiger partial charge in [0.25, 0.3) is 0 Å². The van der Waals surface area contributed by atoms with E-state index in [4.69, 9.17) is 0 Å². The highest BCUT2D eigenvalue weighted by Gasteiger charge is 2.25. The predicted molar refractivity (Wildman–Crippen MR) is 93.5 cm³/mol. The molecular weight excluding hydrogens is 302 g/mol. The summed E-state index contributed by atoms with van der Waals surface area (Å²) in [6.45, 7) is 0.704. The number of aliphatic hydroxyl groups is 1. The van der Waals surface area contributed by atoms with Gasteiger partial charge in [-0.05, 0) is 25.0 Å². The summed E-state index contributed by atoms with van der Waals surface area (Å²) < 4.78 is 2.11. The Kier molecular flexibility index (Phi) is 4.00. The third-order valence-electron chi connectivity index (χ3n) is 5.15. The fraction of sp³-hybridized carbons (Fsp3) is 0.474. The average molecular weight is 325 g/mol. The van der Waals surface area contributed by atoms with Gasteiger partial charge in [-0.2, -0.15) is 0 Å². The normalized spacial score (nSPS) is 18.7. The van der Waals surface area contributed by atoms with Crippen molar-refractivity contribution in [3.8, 4) is 0 Å². The number of fused-ring (bicyclic) bond motifs is 3. The van der Waals surface area contributed by atoms with E-state index < -0.39 is 0 Å². The zero-order valence-corrected chi connectivity index (χ0v) is 13.8. The monoisotopic (exact) mass is 325 g/mol. The van der Waals surface area contributed by atoms with Crippen LogP contribution >= 0.6 is 0 Å². The molecule has 1 aromatic heterocycles. The zero-order valence-electron chi connectivity index (χ0n) is 13.8. The van der Waals surface area contributed by atoms with Crippen molar-refractivity contribution in [1.29, 1.82) is 0 Å². The van der Waals surface area contributed by atoms with Gasteiger partial charge < -0.3 is 15.0 Å². The van der Waals surface area contributed by atoms with E-state index in [0.29, 0.717) is 24.3 Å². The Bertz CT molecular complexity index is 800. The van der Waals surface area contributed by atoms with Crippen molar-refractivity contribution in [2.24, 2.45) is 0 Å². The number of carbonyl (C=O) groups is 1. The molecular formula is C19H23N3O2. The number of carbonyl (C=O) groups excluding carboxylic acids is 1. The average Bonchev–Trinajstić information content (AvgIpc) is 2.97. The molecule has 2 N–H and O–H groups in total. The van der Waals surface area contributed by atoms with E-state index in [1.165, 1.54) is 19.3 Å². The molecule has 1 saturated carbocycles. The van der Waals surface area contributed by atoms with E-state index in [0.717, 1.165) is 29.7 Å². The smallest absolute Gasteiger partial charge is 0.224 e. The second-order valence-electron chi connectivity index (χ2n) is 6.83. The van der Waals surface area contributed by atoms with Gasteiger partial charge in [-0.15, -0.1) is 0 Å². The standard InChI is InChI=1S/C19H23N3O2/c23-17-10-11-22-16-9-5-4-8-15(16)21-19(22)14(17)12-18(24)20-13-6-2-1-3-7-13/h4-5,8-9,13,23H,1-3,6-7,10-12H2,(H,20,24). The van der Waals surface area contributed by atoms with Gasteiger partial charge in [-0.25, -0.2) is 4.98 Å². The molecule has 2 heterocycles. The first-order valence-corrected chi connectivity index (χ1v) is 8.88. The van der Waals surface area contributed by atoms with Crippen LogP contribution in [0.4, 0.5) is 0 Å². The van der Waals surface area contributed by atoms with Crippen molar-refractivity contribution in [2.75, 3.05) is 0 Å². The highest BCUT2D eigenvalue weighted by Crippen LogP contribution is 2.31. The lowest BCUT2D eigenvalue weighted by Crippen LogP contribution is -2.36. The third-order valence-corrected chi connectivity index (χ3v) is 5.15. The second-order valence-corrected chi connectivity index (χ2v) is 6.83. The lowest BCUT2D eigenvalue weighted by molar-refractivity contribution is -0.121. The van der Waals surface area contributed by atoms with E-state index in [1.807, 2.05) is 24.3 Å². The van der Waals surface area contributed by atoms with Crippen LogP contribution in [0.5, 0.6) is 0 Å². The van der Waals surface area contributed by atoms with Gasteiger partial charge in [0.15, 0.2) is 0 Å². The Labute approximate surface area is 141 Å². The van der Waals surface area contributed by atoms with Crippen molar-refractivity contribution in [3.05, 3.63) is 35.8 Å². The molecule has 1 fully saturated rings. The fourth-order valence-corrected chi connectivity index (χ4v) is 3.90.